The Labute approximate surface area is 97.8 Å². The van der Waals surface area contributed by atoms with Crippen molar-refractivity contribution in [3.8, 4) is 11.5 Å². The highest BCUT2D eigenvalue weighted by Crippen LogP contribution is 2.28. The Morgan fingerprint density at radius 2 is 1.69 bits per heavy atom. The molecule has 16 heavy (non-hydrogen) atoms. The van der Waals surface area contributed by atoms with Gasteiger partial charge < -0.3 is 14.8 Å². The van der Waals surface area contributed by atoms with E-state index in [9.17, 15) is 0 Å². The second-order valence-corrected chi connectivity index (χ2v) is 4.00. The first-order chi connectivity index (χ1) is 7.69. The van der Waals surface area contributed by atoms with Gasteiger partial charge in [-0.3, -0.25) is 0 Å². The number of ether oxygens (including phenoxy) is 2. The average molecular weight is 223 g/mol. The molecule has 0 unspecified atom stereocenters. The molecule has 0 aliphatic rings. The molecule has 0 fully saturated rings. The Morgan fingerprint density at radius 3 is 2.12 bits per heavy atom. The van der Waals surface area contributed by atoms with Gasteiger partial charge in [0.05, 0.1) is 14.2 Å². The topological polar surface area (TPSA) is 30.5 Å². The maximum Gasteiger partial charge on any atom is 0.125 e. The van der Waals surface area contributed by atoms with E-state index in [0.717, 1.165) is 30.0 Å². The molecule has 3 heteroatoms. The zero-order valence-corrected chi connectivity index (χ0v) is 10.5. The van der Waals surface area contributed by atoms with E-state index in [0.29, 0.717) is 6.04 Å². The third-order valence-corrected chi connectivity index (χ3v) is 2.46. The largest absolute Gasteiger partial charge is 0.496 e. The molecule has 0 aliphatic heterocycles. The first-order valence-corrected chi connectivity index (χ1v) is 5.62. The summed E-state index contributed by atoms with van der Waals surface area (Å²) in [6.07, 6.45) is 0.908. The monoisotopic (exact) mass is 223 g/mol. The lowest BCUT2D eigenvalue weighted by Gasteiger charge is -2.14. The lowest BCUT2D eigenvalue weighted by atomic mass is 10.1. The predicted molar refractivity (Wildman–Crippen MR) is 66.4 cm³/mol. The highest BCUT2D eigenvalue weighted by molar-refractivity contribution is 5.44. The maximum absolute atomic E-state index is 5.34. The molecule has 1 rings (SSSR count). The van der Waals surface area contributed by atoms with Crippen LogP contribution in [0.4, 0.5) is 0 Å². The minimum Gasteiger partial charge on any atom is -0.496 e. The summed E-state index contributed by atoms with van der Waals surface area (Å²) >= 11 is 0. The van der Waals surface area contributed by atoms with Crippen LogP contribution in [0.25, 0.3) is 0 Å². The molecule has 0 spiro atoms. The second-order valence-electron chi connectivity index (χ2n) is 4.00. The minimum atomic E-state index is 0.501. The normalized spacial score (nSPS) is 10.6. The molecule has 0 atom stereocenters. The van der Waals surface area contributed by atoms with Gasteiger partial charge in [0.15, 0.2) is 0 Å². The summed E-state index contributed by atoms with van der Waals surface area (Å²) in [7, 11) is 3.38. The third-order valence-electron chi connectivity index (χ3n) is 2.46. The Kier molecular flexibility index (Phi) is 5.12. The Morgan fingerprint density at radius 1 is 1.12 bits per heavy atom. The van der Waals surface area contributed by atoms with E-state index in [1.165, 1.54) is 0 Å². The molecule has 0 saturated heterocycles. The SMILES string of the molecule is COc1cccc(OC)c1CCNC(C)C. The van der Waals surface area contributed by atoms with Gasteiger partial charge in [0, 0.05) is 11.6 Å². The van der Waals surface area contributed by atoms with Crippen molar-refractivity contribution in [2.45, 2.75) is 26.3 Å². The molecule has 0 heterocycles. The lowest BCUT2D eigenvalue weighted by molar-refractivity contribution is 0.384. The van der Waals surface area contributed by atoms with Crippen molar-refractivity contribution in [3.05, 3.63) is 23.8 Å². The molecule has 0 saturated carbocycles. The Bertz CT molecular complexity index is 301. The number of rotatable bonds is 6. The Balaban J connectivity index is 2.74. The smallest absolute Gasteiger partial charge is 0.125 e. The molecule has 0 aromatic heterocycles. The van der Waals surface area contributed by atoms with Crippen LogP contribution >= 0.6 is 0 Å². The molecular weight excluding hydrogens is 202 g/mol. The lowest BCUT2D eigenvalue weighted by Crippen LogP contribution is -2.25. The fourth-order valence-corrected chi connectivity index (χ4v) is 1.66. The van der Waals surface area contributed by atoms with E-state index in [2.05, 4.69) is 19.2 Å². The molecule has 3 nitrogen and oxygen atoms in total. The van der Waals surface area contributed by atoms with Gasteiger partial charge in [0.25, 0.3) is 0 Å². The molecule has 90 valence electrons. The number of nitrogens with one attached hydrogen (secondary N) is 1. The summed E-state index contributed by atoms with van der Waals surface area (Å²) < 4.78 is 10.7. The Hall–Kier alpha value is -1.22. The van der Waals surface area contributed by atoms with Gasteiger partial charge in [-0.15, -0.1) is 0 Å². The van der Waals surface area contributed by atoms with Crippen LogP contribution in [0.5, 0.6) is 11.5 Å². The van der Waals surface area contributed by atoms with Crippen molar-refractivity contribution >= 4 is 0 Å². The van der Waals surface area contributed by atoms with Crippen molar-refractivity contribution in [2.75, 3.05) is 20.8 Å². The molecular formula is C13H21NO2. The van der Waals surface area contributed by atoms with Gasteiger partial charge in [-0.05, 0) is 25.1 Å². The van der Waals surface area contributed by atoms with Crippen molar-refractivity contribution in [3.63, 3.8) is 0 Å². The summed E-state index contributed by atoms with van der Waals surface area (Å²) in [5, 5.41) is 3.39. The highest BCUT2D eigenvalue weighted by Gasteiger charge is 2.09. The molecule has 0 bridgehead atoms. The summed E-state index contributed by atoms with van der Waals surface area (Å²) in [6, 6.07) is 6.37. The number of benzene rings is 1. The van der Waals surface area contributed by atoms with E-state index in [1.54, 1.807) is 14.2 Å². The van der Waals surface area contributed by atoms with E-state index in [1.807, 2.05) is 18.2 Å². The molecule has 1 N–H and O–H groups in total. The van der Waals surface area contributed by atoms with Gasteiger partial charge in [-0.2, -0.15) is 0 Å². The van der Waals surface area contributed by atoms with E-state index in [-0.39, 0.29) is 0 Å². The van der Waals surface area contributed by atoms with Crippen LogP contribution in [0.3, 0.4) is 0 Å². The van der Waals surface area contributed by atoms with E-state index < -0.39 is 0 Å². The van der Waals surface area contributed by atoms with Gasteiger partial charge in [0.1, 0.15) is 11.5 Å². The van der Waals surface area contributed by atoms with Crippen molar-refractivity contribution in [2.24, 2.45) is 0 Å². The fourth-order valence-electron chi connectivity index (χ4n) is 1.66. The zero-order valence-electron chi connectivity index (χ0n) is 10.5. The molecule has 0 amide bonds. The van der Waals surface area contributed by atoms with Crippen molar-refractivity contribution in [1.82, 2.24) is 5.32 Å². The van der Waals surface area contributed by atoms with Crippen LogP contribution in [-0.2, 0) is 6.42 Å². The van der Waals surface area contributed by atoms with Gasteiger partial charge in [-0.1, -0.05) is 19.9 Å². The number of methoxy groups -OCH3 is 2. The predicted octanol–water partition coefficient (Wildman–Crippen LogP) is 2.24. The molecule has 1 aromatic rings. The third kappa shape index (κ3) is 3.42. The van der Waals surface area contributed by atoms with Gasteiger partial charge in [0.2, 0.25) is 0 Å². The first-order valence-electron chi connectivity index (χ1n) is 5.62. The van der Waals surface area contributed by atoms with Crippen LogP contribution in [0.15, 0.2) is 18.2 Å². The van der Waals surface area contributed by atoms with Gasteiger partial charge in [-0.25, -0.2) is 0 Å². The first kappa shape index (κ1) is 12.8. The summed E-state index contributed by atoms with van der Waals surface area (Å²) in [5.41, 5.74) is 1.13. The summed E-state index contributed by atoms with van der Waals surface area (Å²) in [4.78, 5) is 0. The molecule has 1 aromatic carbocycles. The summed E-state index contributed by atoms with van der Waals surface area (Å²) in [5.74, 6) is 1.79. The van der Waals surface area contributed by atoms with Crippen LogP contribution in [0.2, 0.25) is 0 Å². The van der Waals surface area contributed by atoms with E-state index in [4.69, 9.17) is 9.47 Å². The molecule has 0 radical (unpaired) electrons. The van der Waals surface area contributed by atoms with Crippen molar-refractivity contribution < 1.29 is 9.47 Å². The highest BCUT2D eigenvalue weighted by atomic mass is 16.5. The number of hydrogen-bond donors (Lipinski definition) is 1. The van der Waals surface area contributed by atoms with Crippen LogP contribution < -0.4 is 14.8 Å². The standard InChI is InChI=1S/C13H21NO2/c1-10(2)14-9-8-11-12(15-3)6-5-7-13(11)16-4/h5-7,10,14H,8-9H2,1-4H3. The van der Waals surface area contributed by atoms with E-state index >= 15 is 0 Å². The van der Waals surface area contributed by atoms with Crippen LogP contribution in [0.1, 0.15) is 19.4 Å². The number of hydrogen-bond acceptors (Lipinski definition) is 3. The average Bonchev–Trinajstić information content (AvgIpc) is 2.28. The summed E-state index contributed by atoms with van der Waals surface area (Å²) in [6.45, 7) is 5.20. The van der Waals surface area contributed by atoms with Gasteiger partial charge >= 0.3 is 0 Å². The quantitative estimate of drug-likeness (QED) is 0.802. The maximum atomic E-state index is 5.34. The molecule has 0 aliphatic carbocycles. The minimum absolute atomic E-state index is 0.501. The van der Waals surface area contributed by atoms with Crippen molar-refractivity contribution in [1.29, 1.82) is 0 Å². The van der Waals surface area contributed by atoms with Crippen LogP contribution in [0, 0.1) is 0 Å². The fraction of sp³-hybridized carbons (Fsp3) is 0.538. The van der Waals surface area contributed by atoms with Crippen LogP contribution in [-0.4, -0.2) is 26.8 Å². The zero-order chi connectivity index (χ0) is 12.0. The second kappa shape index (κ2) is 6.38.